The first kappa shape index (κ1) is 18.5. The predicted molar refractivity (Wildman–Crippen MR) is 110 cm³/mol. The zero-order valence-electron chi connectivity index (χ0n) is 15.7. The molecule has 0 aliphatic carbocycles. The summed E-state index contributed by atoms with van der Waals surface area (Å²) in [5.41, 5.74) is 3.62. The summed E-state index contributed by atoms with van der Waals surface area (Å²) in [7, 11) is -3.64. The Hall–Kier alpha value is -2.83. The molecule has 1 aromatic heterocycles. The number of hydrogen-bond donors (Lipinski definition) is 1. The fraction of sp³-hybridized carbons (Fsp3) is 0.182. The highest BCUT2D eigenvalue weighted by Crippen LogP contribution is 2.30. The van der Waals surface area contributed by atoms with Crippen molar-refractivity contribution >= 4 is 32.0 Å². The molecule has 0 bridgehead atoms. The molecule has 1 heterocycles. The Labute approximate surface area is 164 Å². The van der Waals surface area contributed by atoms with Crippen molar-refractivity contribution in [3.8, 4) is 5.75 Å². The fourth-order valence-corrected chi connectivity index (χ4v) is 4.36. The van der Waals surface area contributed by atoms with E-state index in [0.717, 1.165) is 33.2 Å². The molecule has 4 rings (SSSR count). The first-order valence-electron chi connectivity index (χ1n) is 9.04. The lowest BCUT2D eigenvalue weighted by Gasteiger charge is -2.10. The molecule has 4 aromatic rings. The van der Waals surface area contributed by atoms with Crippen molar-refractivity contribution in [3.05, 3.63) is 71.8 Å². The smallest absolute Gasteiger partial charge is 0.240 e. The monoisotopic (exact) mass is 395 g/mol. The highest BCUT2D eigenvalue weighted by atomic mass is 32.2. The summed E-state index contributed by atoms with van der Waals surface area (Å²) >= 11 is 0. The minimum absolute atomic E-state index is 0.180. The third-order valence-corrected chi connectivity index (χ3v) is 5.98. The van der Waals surface area contributed by atoms with Crippen LogP contribution in [0.3, 0.4) is 0 Å². The van der Waals surface area contributed by atoms with Crippen molar-refractivity contribution in [1.82, 2.24) is 4.72 Å². The lowest BCUT2D eigenvalue weighted by Crippen LogP contribution is -2.28. The van der Waals surface area contributed by atoms with Crippen molar-refractivity contribution in [3.63, 3.8) is 0 Å². The van der Waals surface area contributed by atoms with Crippen molar-refractivity contribution in [2.75, 3.05) is 13.2 Å². The van der Waals surface area contributed by atoms with E-state index in [1.165, 1.54) is 0 Å². The van der Waals surface area contributed by atoms with Gasteiger partial charge in [-0.1, -0.05) is 24.3 Å². The minimum Gasteiger partial charge on any atom is -0.492 e. The Bertz CT molecular complexity index is 1240. The number of furan rings is 1. The molecular weight excluding hydrogens is 374 g/mol. The van der Waals surface area contributed by atoms with Gasteiger partial charge in [0.1, 0.15) is 23.5 Å². The minimum atomic E-state index is -3.64. The molecule has 0 unspecified atom stereocenters. The number of aryl methyl sites for hydroxylation is 2. The largest absolute Gasteiger partial charge is 0.492 e. The van der Waals surface area contributed by atoms with Crippen LogP contribution < -0.4 is 9.46 Å². The van der Waals surface area contributed by atoms with Gasteiger partial charge in [-0.05, 0) is 61.4 Å². The van der Waals surface area contributed by atoms with Gasteiger partial charge in [-0.2, -0.15) is 0 Å². The van der Waals surface area contributed by atoms with Gasteiger partial charge in [0, 0.05) is 17.3 Å². The van der Waals surface area contributed by atoms with E-state index in [9.17, 15) is 8.42 Å². The summed E-state index contributed by atoms with van der Waals surface area (Å²) in [6.07, 6.45) is 0. The zero-order valence-corrected chi connectivity index (χ0v) is 16.5. The molecule has 0 aliphatic heterocycles. The fourth-order valence-electron chi connectivity index (χ4n) is 3.32. The quantitative estimate of drug-likeness (QED) is 0.486. The van der Waals surface area contributed by atoms with E-state index in [-0.39, 0.29) is 18.0 Å². The van der Waals surface area contributed by atoms with E-state index in [2.05, 4.69) is 10.8 Å². The van der Waals surface area contributed by atoms with Crippen molar-refractivity contribution in [1.29, 1.82) is 0 Å². The molecule has 144 valence electrons. The van der Waals surface area contributed by atoms with Crippen LogP contribution in [-0.4, -0.2) is 21.6 Å². The summed E-state index contributed by atoms with van der Waals surface area (Å²) in [4.78, 5) is 0.206. The Morgan fingerprint density at radius 3 is 2.39 bits per heavy atom. The van der Waals surface area contributed by atoms with Gasteiger partial charge in [0.2, 0.25) is 10.0 Å². The topological polar surface area (TPSA) is 68.5 Å². The van der Waals surface area contributed by atoms with Crippen LogP contribution in [0.2, 0.25) is 0 Å². The molecule has 6 heteroatoms. The van der Waals surface area contributed by atoms with E-state index in [1.54, 1.807) is 18.2 Å². The van der Waals surface area contributed by atoms with Crippen LogP contribution in [0.4, 0.5) is 0 Å². The molecular formula is C22H21NO4S. The molecule has 28 heavy (non-hydrogen) atoms. The van der Waals surface area contributed by atoms with Crippen LogP contribution in [0.1, 0.15) is 11.1 Å². The maximum Gasteiger partial charge on any atom is 0.240 e. The van der Waals surface area contributed by atoms with Crippen LogP contribution in [0.5, 0.6) is 5.75 Å². The molecule has 0 saturated heterocycles. The zero-order chi connectivity index (χ0) is 19.7. The molecule has 0 saturated carbocycles. The van der Waals surface area contributed by atoms with Crippen molar-refractivity contribution < 1.29 is 17.6 Å². The Balaban J connectivity index is 1.48. The third-order valence-electron chi connectivity index (χ3n) is 4.52. The first-order chi connectivity index (χ1) is 13.4. The molecule has 0 aliphatic rings. The van der Waals surface area contributed by atoms with Gasteiger partial charge >= 0.3 is 0 Å². The molecule has 0 radical (unpaired) electrons. The van der Waals surface area contributed by atoms with Gasteiger partial charge < -0.3 is 9.15 Å². The van der Waals surface area contributed by atoms with Crippen LogP contribution in [0.25, 0.3) is 21.9 Å². The highest BCUT2D eigenvalue weighted by molar-refractivity contribution is 7.89. The summed E-state index contributed by atoms with van der Waals surface area (Å²) in [6, 6.07) is 18.4. The molecule has 0 amide bonds. The van der Waals surface area contributed by atoms with E-state index in [1.807, 2.05) is 50.2 Å². The Morgan fingerprint density at radius 2 is 1.61 bits per heavy atom. The Morgan fingerprint density at radius 1 is 0.893 bits per heavy atom. The summed E-state index contributed by atoms with van der Waals surface area (Å²) in [6.45, 7) is 4.43. The van der Waals surface area contributed by atoms with E-state index < -0.39 is 10.0 Å². The summed E-state index contributed by atoms with van der Waals surface area (Å²) in [5.74, 6) is 0.739. The molecule has 3 aromatic carbocycles. The van der Waals surface area contributed by atoms with E-state index in [4.69, 9.17) is 9.15 Å². The molecule has 5 nitrogen and oxygen atoms in total. The van der Waals surface area contributed by atoms with Gasteiger partial charge in [0.25, 0.3) is 0 Å². The number of sulfonamides is 1. The van der Waals surface area contributed by atoms with Gasteiger partial charge in [0.05, 0.1) is 4.90 Å². The van der Waals surface area contributed by atoms with Crippen LogP contribution in [0, 0.1) is 13.8 Å². The molecule has 1 N–H and O–H groups in total. The summed E-state index contributed by atoms with van der Waals surface area (Å²) < 4.78 is 39.3. The second kappa shape index (κ2) is 7.30. The summed E-state index contributed by atoms with van der Waals surface area (Å²) in [5, 5.41) is 1.68. The Kier molecular flexibility index (Phi) is 4.83. The van der Waals surface area contributed by atoms with Gasteiger partial charge in [-0.25, -0.2) is 13.1 Å². The van der Waals surface area contributed by atoms with E-state index in [0.29, 0.717) is 5.58 Å². The average molecular weight is 395 g/mol. The third kappa shape index (κ3) is 3.74. The van der Waals surface area contributed by atoms with Gasteiger partial charge in [0.15, 0.2) is 0 Å². The number of para-hydroxylation sites is 1. The number of hydrogen-bond acceptors (Lipinski definition) is 4. The molecule has 0 atom stereocenters. The number of fused-ring (bicyclic) bond motifs is 3. The maximum absolute atomic E-state index is 12.7. The number of benzene rings is 3. The van der Waals surface area contributed by atoms with Crippen molar-refractivity contribution in [2.24, 2.45) is 0 Å². The standard InChI is InChI=1S/C22H21NO4S/c1-15-11-16(2)13-17(12-15)26-10-9-23-28(24,25)18-7-8-22-20(14-18)19-5-3-4-6-21(19)27-22/h3-8,11-14,23H,9-10H2,1-2H3. The number of nitrogens with one attached hydrogen (secondary N) is 1. The second-order valence-electron chi connectivity index (χ2n) is 6.83. The van der Waals surface area contributed by atoms with E-state index >= 15 is 0 Å². The van der Waals surface area contributed by atoms with Crippen LogP contribution in [0.15, 0.2) is 70.0 Å². The lowest BCUT2D eigenvalue weighted by atomic mass is 10.1. The molecule has 0 spiro atoms. The predicted octanol–water partition coefficient (Wildman–Crippen LogP) is 4.56. The number of rotatable bonds is 6. The number of ether oxygens (including phenoxy) is 1. The second-order valence-corrected chi connectivity index (χ2v) is 8.59. The molecule has 0 fully saturated rings. The maximum atomic E-state index is 12.7. The first-order valence-corrected chi connectivity index (χ1v) is 10.5. The van der Waals surface area contributed by atoms with Crippen molar-refractivity contribution in [2.45, 2.75) is 18.7 Å². The van der Waals surface area contributed by atoms with Crippen LogP contribution in [-0.2, 0) is 10.0 Å². The normalized spacial score (nSPS) is 11.9. The highest BCUT2D eigenvalue weighted by Gasteiger charge is 2.16. The SMILES string of the molecule is Cc1cc(C)cc(OCCNS(=O)(=O)c2ccc3oc4ccccc4c3c2)c1. The average Bonchev–Trinajstić information content (AvgIpc) is 3.02. The van der Waals surface area contributed by atoms with Gasteiger partial charge in [-0.3, -0.25) is 0 Å². The van der Waals surface area contributed by atoms with Crippen LogP contribution >= 0.6 is 0 Å². The van der Waals surface area contributed by atoms with Gasteiger partial charge in [-0.15, -0.1) is 0 Å². The lowest BCUT2D eigenvalue weighted by molar-refractivity contribution is 0.322.